The summed E-state index contributed by atoms with van der Waals surface area (Å²) in [6.45, 7) is 6.91. The van der Waals surface area contributed by atoms with E-state index in [9.17, 15) is 56.5 Å². The van der Waals surface area contributed by atoms with Crippen molar-refractivity contribution in [1.29, 1.82) is 0 Å². The Morgan fingerprint density at radius 2 is 1.23 bits per heavy atom. The maximum Gasteiger partial charge on any atom is 0.257 e. The van der Waals surface area contributed by atoms with Crippen LogP contribution in [-0.4, -0.2) is 55.9 Å². The van der Waals surface area contributed by atoms with Crippen LogP contribution in [0, 0.1) is 34.1 Å². The van der Waals surface area contributed by atoms with Gasteiger partial charge in [-0.05, 0) is 31.9 Å². The van der Waals surface area contributed by atoms with E-state index in [-0.39, 0.29) is 53.5 Å². The Balaban J connectivity index is 0.000000219. The van der Waals surface area contributed by atoms with Crippen molar-refractivity contribution in [2.24, 2.45) is 10.8 Å². The lowest BCUT2D eigenvalue weighted by Gasteiger charge is -2.40. The Morgan fingerprint density at radius 1 is 0.772 bits per heavy atom. The third-order valence-corrected chi connectivity index (χ3v) is 10.5. The summed E-state index contributed by atoms with van der Waals surface area (Å²) in [5.74, 6) is -7.25. The molecule has 0 saturated carbocycles. The zero-order valence-corrected chi connectivity index (χ0v) is 31.6. The van der Waals surface area contributed by atoms with E-state index in [0.29, 0.717) is 31.5 Å². The van der Waals surface area contributed by atoms with Gasteiger partial charge in [-0.15, -0.1) is 0 Å². The number of rotatable bonds is 8. The van der Waals surface area contributed by atoms with Crippen LogP contribution in [0.2, 0.25) is 0 Å². The molecule has 6 rings (SSSR count). The number of nitrogens with zero attached hydrogens (tertiary/aromatic N) is 2. The number of pyridine rings is 2. The van der Waals surface area contributed by atoms with Crippen LogP contribution in [0.5, 0.6) is 11.5 Å². The van der Waals surface area contributed by atoms with Crippen LogP contribution in [-0.2, 0) is 30.9 Å². The fraction of sp³-hybridized carbons (Fsp3) is 0.350. The standard InChI is InChI=1S/C21H22F2N2O5.C19H18F2N2O4/c1-4-21(2)15(30-3)10-25-9-13(17(26)18(27)16(25)19(21)28)20(29)24-8-11-5-6-12(22)7-14(11)23;1-19(2)5-6-23-9-12(15(24)16(25)14(23)17(19)26)18(27)22-8-10-3-4-11(20)7-13(10)21/h5-7,9,15,27H,4,8,10H2,1-3H3,(H,24,29);3-4,7,9,25H,5-6,8H2,1-2H3,(H,22,27)/t15-,21-;/m0./s1. The van der Waals surface area contributed by atoms with Crippen molar-refractivity contribution in [2.75, 3.05) is 7.11 Å². The van der Waals surface area contributed by atoms with Crippen molar-refractivity contribution < 1.29 is 51.7 Å². The van der Waals surface area contributed by atoms with Gasteiger partial charge < -0.3 is 34.7 Å². The van der Waals surface area contributed by atoms with Crippen molar-refractivity contribution in [3.8, 4) is 11.5 Å². The third kappa shape index (κ3) is 8.10. The minimum atomic E-state index is -0.999. The summed E-state index contributed by atoms with van der Waals surface area (Å²) in [4.78, 5) is 75.3. The van der Waals surface area contributed by atoms with Gasteiger partial charge in [-0.25, -0.2) is 17.6 Å². The Kier molecular flexibility index (Phi) is 11.9. The number of halogens is 4. The molecule has 0 aliphatic carbocycles. The summed E-state index contributed by atoms with van der Waals surface area (Å²) in [6, 6.07) is 5.83. The zero-order chi connectivity index (χ0) is 42.1. The molecule has 0 radical (unpaired) electrons. The molecule has 0 unspecified atom stereocenters. The Bertz CT molecular complexity index is 2430. The summed E-state index contributed by atoms with van der Waals surface area (Å²) in [5.41, 5.74) is -4.57. The van der Waals surface area contributed by atoms with E-state index in [0.717, 1.165) is 12.1 Å². The second-order valence-corrected chi connectivity index (χ2v) is 14.6. The second kappa shape index (κ2) is 16.2. The van der Waals surface area contributed by atoms with E-state index in [2.05, 4.69) is 10.6 Å². The molecule has 17 heteroatoms. The molecule has 4 N–H and O–H groups in total. The SMILES string of the molecule is CC1(C)CCn2cc(C(=O)NCc3ccc(F)cc3F)c(=O)c(O)c2C1=O.CC[C@]1(C)C(=O)c2c(O)c(=O)c(C(=O)NCc3ccc(F)cc3F)cn2C[C@@H]1OC. The lowest BCUT2D eigenvalue weighted by Crippen LogP contribution is -2.49. The number of carbonyl (C=O) groups excluding carboxylic acids is 4. The maximum atomic E-state index is 13.8. The number of ether oxygens (including phenoxy) is 1. The number of benzene rings is 2. The van der Waals surface area contributed by atoms with E-state index in [1.165, 1.54) is 40.8 Å². The molecule has 57 heavy (non-hydrogen) atoms. The molecule has 13 nitrogen and oxygen atoms in total. The quantitative estimate of drug-likeness (QED) is 0.183. The van der Waals surface area contributed by atoms with Gasteiger partial charge in [0.2, 0.25) is 10.9 Å². The van der Waals surface area contributed by atoms with Gasteiger partial charge in [0.15, 0.2) is 23.1 Å². The van der Waals surface area contributed by atoms with Crippen LogP contribution in [0.3, 0.4) is 0 Å². The number of ketones is 2. The molecule has 0 spiro atoms. The molecule has 4 heterocycles. The van der Waals surface area contributed by atoms with Crippen molar-refractivity contribution in [3.05, 3.63) is 126 Å². The molecular formula is C40H40F4N4O9. The van der Waals surface area contributed by atoms with E-state index in [1.807, 2.05) is 6.92 Å². The predicted molar refractivity (Wildman–Crippen MR) is 196 cm³/mol. The first-order valence-electron chi connectivity index (χ1n) is 17.7. The van der Waals surface area contributed by atoms with E-state index in [4.69, 9.17) is 4.74 Å². The molecule has 2 aliphatic rings. The summed E-state index contributed by atoms with van der Waals surface area (Å²) in [7, 11) is 1.46. The number of methoxy groups -OCH3 is 1. The van der Waals surface area contributed by atoms with Crippen LogP contribution in [0.25, 0.3) is 0 Å². The highest BCUT2D eigenvalue weighted by atomic mass is 19.1. The van der Waals surface area contributed by atoms with Crippen molar-refractivity contribution in [2.45, 2.75) is 72.8 Å². The highest BCUT2D eigenvalue weighted by molar-refractivity contribution is 6.04. The van der Waals surface area contributed by atoms with Crippen molar-refractivity contribution in [1.82, 2.24) is 19.8 Å². The minimum Gasteiger partial charge on any atom is -0.503 e. The minimum absolute atomic E-state index is 0.0281. The Morgan fingerprint density at radius 3 is 1.67 bits per heavy atom. The Labute approximate surface area is 322 Å². The zero-order valence-electron chi connectivity index (χ0n) is 31.6. The predicted octanol–water partition coefficient (Wildman–Crippen LogP) is 4.76. The summed E-state index contributed by atoms with van der Waals surface area (Å²) >= 11 is 0. The summed E-state index contributed by atoms with van der Waals surface area (Å²) in [5, 5.41) is 25.4. The number of aromatic nitrogens is 2. The number of hydrogen-bond acceptors (Lipinski definition) is 9. The number of carbonyl (C=O) groups is 4. The van der Waals surface area contributed by atoms with Gasteiger partial charge in [0.1, 0.15) is 45.8 Å². The topological polar surface area (TPSA) is 186 Å². The number of aromatic hydroxyl groups is 2. The molecule has 4 aromatic rings. The number of hydrogen-bond donors (Lipinski definition) is 4. The van der Waals surface area contributed by atoms with Gasteiger partial charge in [-0.3, -0.25) is 28.8 Å². The fourth-order valence-electron chi connectivity index (χ4n) is 6.65. The first-order valence-corrected chi connectivity index (χ1v) is 17.7. The largest absolute Gasteiger partial charge is 0.503 e. The van der Waals surface area contributed by atoms with Crippen LogP contribution in [0.4, 0.5) is 17.6 Å². The van der Waals surface area contributed by atoms with E-state index >= 15 is 0 Å². The lowest BCUT2D eigenvalue weighted by atomic mass is 9.73. The number of Topliss-reactive ketones (excluding diaryl/α,β-unsaturated/α-hetero) is 2. The van der Waals surface area contributed by atoms with Crippen molar-refractivity contribution >= 4 is 23.4 Å². The average Bonchev–Trinajstić information content (AvgIpc) is 3.16. The number of amides is 2. The number of fused-ring (bicyclic) bond motifs is 2. The monoisotopic (exact) mass is 796 g/mol. The molecule has 2 atom stereocenters. The molecule has 2 aliphatic heterocycles. The van der Waals surface area contributed by atoms with Gasteiger partial charge in [0, 0.05) is 67.8 Å². The van der Waals surface area contributed by atoms with Gasteiger partial charge in [-0.1, -0.05) is 32.9 Å². The molecule has 2 aromatic carbocycles. The summed E-state index contributed by atoms with van der Waals surface area (Å²) < 4.78 is 61.5. The maximum absolute atomic E-state index is 13.8. The smallest absolute Gasteiger partial charge is 0.257 e. The van der Waals surface area contributed by atoms with Crippen LogP contribution in [0.15, 0.2) is 58.4 Å². The molecule has 2 aromatic heterocycles. The first kappa shape index (κ1) is 42.1. The average molecular weight is 797 g/mol. The van der Waals surface area contributed by atoms with Gasteiger partial charge >= 0.3 is 0 Å². The van der Waals surface area contributed by atoms with Crippen LogP contribution < -0.4 is 21.5 Å². The lowest BCUT2D eigenvalue weighted by molar-refractivity contribution is -0.0163. The number of nitrogens with one attached hydrogen (secondary N) is 2. The van der Waals surface area contributed by atoms with Gasteiger partial charge in [0.25, 0.3) is 11.8 Å². The van der Waals surface area contributed by atoms with E-state index in [1.54, 1.807) is 20.8 Å². The third-order valence-electron chi connectivity index (χ3n) is 10.5. The van der Waals surface area contributed by atoms with E-state index < -0.39 is 85.7 Å². The molecule has 0 fully saturated rings. The molecule has 302 valence electrons. The molecule has 0 bridgehead atoms. The van der Waals surface area contributed by atoms with Crippen LogP contribution in [0.1, 0.15) is 93.4 Å². The van der Waals surface area contributed by atoms with Crippen molar-refractivity contribution in [3.63, 3.8) is 0 Å². The van der Waals surface area contributed by atoms with Crippen LogP contribution >= 0.6 is 0 Å². The van der Waals surface area contributed by atoms with Gasteiger partial charge in [0.05, 0.1) is 18.1 Å². The normalized spacial score (nSPS) is 18.2. The van der Waals surface area contributed by atoms with Gasteiger partial charge in [-0.2, -0.15) is 0 Å². The Hall–Kier alpha value is -6.10. The molecule has 2 amide bonds. The molecular weight excluding hydrogens is 756 g/mol. The fourth-order valence-corrected chi connectivity index (χ4v) is 6.65. The molecule has 0 saturated heterocycles. The number of aryl methyl sites for hydroxylation is 1. The first-order chi connectivity index (χ1) is 26.7. The summed E-state index contributed by atoms with van der Waals surface area (Å²) in [6.07, 6.45) is 2.81. The second-order valence-electron chi connectivity index (χ2n) is 14.6. The highest BCUT2D eigenvalue weighted by Crippen LogP contribution is 2.39. The highest BCUT2D eigenvalue weighted by Gasteiger charge is 2.47.